The Balaban J connectivity index is 2.46. The Morgan fingerprint density at radius 2 is 2.26 bits per heavy atom. The number of ether oxygens (including phenoxy) is 1. The minimum atomic E-state index is -3.47. The highest BCUT2D eigenvalue weighted by Crippen LogP contribution is 2.22. The number of carboxylic acid groups (broad SMARTS) is 1. The molecule has 112 valence electrons. The first kappa shape index (κ1) is 16.4. The number of rotatable bonds is 8. The highest BCUT2D eigenvalue weighted by Gasteiger charge is 2.28. The molecule has 1 aliphatic heterocycles. The second-order valence-corrected chi connectivity index (χ2v) is 6.45. The van der Waals surface area contributed by atoms with Gasteiger partial charge in [0.05, 0.1) is 6.61 Å². The van der Waals surface area contributed by atoms with Gasteiger partial charge in [0.2, 0.25) is 0 Å². The molecular weight excluding hydrogens is 272 g/mol. The first-order valence-electron chi connectivity index (χ1n) is 6.41. The lowest BCUT2D eigenvalue weighted by atomic mass is 9.95. The van der Waals surface area contributed by atoms with Gasteiger partial charge >= 0.3 is 5.97 Å². The Morgan fingerprint density at radius 3 is 2.89 bits per heavy atom. The van der Waals surface area contributed by atoms with Gasteiger partial charge < -0.3 is 9.84 Å². The third-order valence-corrected chi connectivity index (χ3v) is 4.76. The monoisotopic (exact) mass is 294 g/mol. The minimum Gasteiger partial charge on any atom is -0.481 e. The lowest BCUT2D eigenvalue weighted by molar-refractivity contribution is -0.137. The average Bonchev–Trinajstić information content (AvgIpc) is 2.37. The highest BCUT2D eigenvalue weighted by molar-refractivity contribution is 7.87. The molecule has 8 heteroatoms. The molecule has 1 fully saturated rings. The van der Waals surface area contributed by atoms with Crippen molar-refractivity contribution in [3.63, 3.8) is 0 Å². The number of carboxylic acids is 1. The van der Waals surface area contributed by atoms with Gasteiger partial charge in [-0.05, 0) is 25.2 Å². The lowest BCUT2D eigenvalue weighted by Crippen LogP contribution is -2.46. The Kier molecular flexibility index (Phi) is 6.70. The Labute approximate surface area is 114 Å². The Morgan fingerprint density at radius 1 is 1.53 bits per heavy atom. The van der Waals surface area contributed by atoms with Crippen LogP contribution in [0.5, 0.6) is 0 Å². The van der Waals surface area contributed by atoms with Crippen LogP contribution in [0, 0.1) is 5.92 Å². The van der Waals surface area contributed by atoms with Crippen LogP contribution in [0.4, 0.5) is 0 Å². The smallest absolute Gasteiger partial charge is 0.303 e. The predicted molar refractivity (Wildman–Crippen MR) is 70.0 cm³/mol. The summed E-state index contributed by atoms with van der Waals surface area (Å²) in [5.41, 5.74) is 0. The predicted octanol–water partition coefficient (Wildman–Crippen LogP) is 0.0440. The van der Waals surface area contributed by atoms with E-state index in [-0.39, 0.29) is 18.9 Å². The van der Waals surface area contributed by atoms with E-state index < -0.39 is 16.2 Å². The third kappa shape index (κ3) is 5.85. The number of nitrogens with one attached hydrogen (secondary N) is 1. The van der Waals surface area contributed by atoms with E-state index in [0.29, 0.717) is 26.1 Å². The van der Waals surface area contributed by atoms with Gasteiger partial charge in [-0.3, -0.25) is 4.79 Å². The van der Waals surface area contributed by atoms with Gasteiger partial charge in [-0.15, -0.1) is 0 Å². The third-order valence-electron chi connectivity index (χ3n) is 3.18. The molecule has 1 aliphatic rings. The topological polar surface area (TPSA) is 95.9 Å². The summed E-state index contributed by atoms with van der Waals surface area (Å²) in [6.45, 7) is 1.46. The molecule has 2 N–H and O–H groups in total. The normalized spacial score (nSPS) is 21.4. The van der Waals surface area contributed by atoms with Crippen LogP contribution in [0.15, 0.2) is 0 Å². The molecule has 0 saturated carbocycles. The molecule has 0 aromatic rings. The van der Waals surface area contributed by atoms with Crippen LogP contribution in [-0.4, -0.2) is 57.1 Å². The molecule has 1 rings (SSSR count). The largest absolute Gasteiger partial charge is 0.481 e. The number of methoxy groups -OCH3 is 1. The Bertz CT molecular complexity index is 385. The van der Waals surface area contributed by atoms with Crippen molar-refractivity contribution in [3.05, 3.63) is 0 Å². The summed E-state index contributed by atoms with van der Waals surface area (Å²) in [7, 11) is -1.96. The molecule has 19 heavy (non-hydrogen) atoms. The fourth-order valence-corrected chi connectivity index (χ4v) is 3.47. The van der Waals surface area contributed by atoms with Crippen LogP contribution in [0.25, 0.3) is 0 Å². The number of piperidine rings is 1. The van der Waals surface area contributed by atoms with Gasteiger partial charge in [-0.2, -0.15) is 17.4 Å². The molecule has 0 aliphatic carbocycles. The SMILES string of the molecule is COCCNS(=O)(=O)N1CCCC(CCC(=O)O)C1. The van der Waals surface area contributed by atoms with Gasteiger partial charge in [-0.25, -0.2) is 0 Å². The first-order valence-corrected chi connectivity index (χ1v) is 7.85. The fourth-order valence-electron chi connectivity index (χ4n) is 2.17. The van der Waals surface area contributed by atoms with Crippen LogP contribution in [0.3, 0.4) is 0 Å². The molecule has 1 saturated heterocycles. The van der Waals surface area contributed by atoms with E-state index in [1.54, 1.807) is 0 Å². The van der Waals surface area contributed by atoms with E-state index in [1.807, 2.05) is 0 Å². The standard InChI is InChI=1S/C11H22N2O5S/c1-18-8-6-12-19(16,17)13-7-2-3-10(9-13)4-5-11(14)15/h10,12H,2-9H2,1H3,(H,14,15). The molecule has 1 heterocycles. The van der Waals surface area contributed by atoms with Crippen molar-refractivity contribution in [1.82, 2.24) is 9.03 Å². The number of hydrogen-bond donors (Lipinski definition) is 2. The van der Waals surface area contributed by atoms with E-state index in [1.165, 1.54) is 11.4 Å². The first-order chi connectivity index (χ1) is 8.95. The van der Waals surface area contributed by atoms with Crippen molar-refractivity contribution >= 4 is 16.2 Å². The summed E-state index contributed by atoms with van der Waals surface area (Å²) < 4.78 is 32.6. The summed E-state index contributed by atoms with van der Waals surface area (Å²) in [5.74, 6) is -0.706. The van der Waals surface area contributed by atoms with Crippen molar-refractivity contribution in [2.45, 2.75) is 25.7 Å². The summed E-state index contributed by atoms with van der Waals surface area (Å²) in [6, 6.07) is 0. The minimum absolute atomic E-state index is 0.0929. The van der Waals surface area contributed by atoms with E-state index in [9.17, 15) is 13.2 Å². The molecule has 0 spiro atoms. The van der Waals surface area contributed by atoms with Crippen LogP contribution >= 0.6 is 0 Å². The zero-order valence-corrected chi connectivity index (χ0v) is 12.0. The van der Waals surface area contributed by atoms with Crippen LogP contribution in [0.2, 0.25) is 0 Å². The maximum Gasteiger partial charge on any atom is 0.303 e. The molecule has 1 unspecified atom stereocenters. The molecule has 0 radical (unpaired) electrons. The second-order valence-electron chi connectivity index (χ2n) is 4.69. The zero-order chi connectivity index (χ0) is 14.3. The number of hydrogen-bond acceptors (Lipinski definition) is 4. The van der Waals surface area contributed by atoms with Gasteiger partial charge in [-0.1, -0.05) is 0 Å². The van der Waals surface area contributed by atoms with Gasteiger partial charge in [0.15, 0.2) is 0 Å². The number of carbonyl (C=O) groups is 1. The van der Waals surface area contributed by atoms with E-state index in [2.05, 4.69) is 4.72 Å². The van der Waals surface area contributed by atoms with Crippen LogP contribution < -0.4 is 4.72 Å². The van der Waals surface area contributed by atoms with Crippen molar-refractivity contribution < 1.29 is 23.1 Å². The molecule has 0 aromatic carbocycles. The van der Waals surface area contributed by atoms with Crippen molar-refractivity contribution in [2.24, 2.45) is 5.92 Å². The van der Waals surface area contributed by atoms with Crippen LogP contribution in [-0.2, 0) is 19.7 Å². The molecular formula is C11H22N2O5S. The second kappa shape index (κ2) is 7.78. The maximum atomic E-state index is 12.0. The summed E-state index contributed by atoms with van der Waals surface area (Å²) >= 11 is 0. The van der Waals surface area contributed by atoms with Gasteiger partial charge in [0.25, 0.3) is 10.2 Å². The molecule has 0 aromatic heterocycles. The lowest BCUT2D eigenvalue weighted by Gasteiger charge is -2.31. The number of aliphatic carboxylic acids is 1. The molecule has 1 atom stereocenters. The summed E-state index contributed by atoms with van der Waals surface area (Å²) in [4.78, 5) is 10.5. The average molecular weight is 294 g/mol. The molecule has 0 bridgehead atoms. The van der Waals surface area contributed by atoms with Crippen molar-refractivity contribution in [3.8, 4) is 0 Å². The highest BCUT2D eigenvalue weighted by atomic mass is 32.2. The maximum absolute atomic E-state index is 12.0. The summed E-state index contributed by atoms with van der Waals surface area (Å²) in [5, 5.41) is 8.66. The van der Waals surface area contributed by atoms with E-state index in [4.69, 9.17) is 9.84 Å². The Hall–Kier alpha value is -0.700. The van der Waals surface area contributed by atoms with Gasteiger partial charge in [0.1, 0.15) is 0 Å². The summed E-state index contributed by atoms with van der Waals surface area (Å²) in [6.07, 6.45) is 2.28. The zero-order valence-electron chi connectivity index (χ0n) is 11.2. The quantitative estimate of drug-likeness (QED) is 0.616. The van der Waals surface area contributed by atoms with Crippen molar-refractivity contribution in [2.75, 3.05) is 33.4 Å². The van der Waals surface area contributed by atoms with Crippen LogP contribution in [0.1, 0.15) is 25.7 Å². The molecule has 7 nitrogen and oxygen atoms in total. The van der Waals surface area contributed by atoms with Crippen molar-refractivity contribution in [1.29, 1.82) is 0 Å². The van der Waals surface area contributed by atoms with Gasteiger partial charge in [0, 0.05) is 33.2 Å². The molecule has 0 amide bonds. The fraction of sp³-hybridized carbons (Fsp3) is 0.909. The number of nitrogens with zero attached hydrogens (tertiary/aromatic N) is 1. The van der Waals surface area contributed by atoms with E-state index in [0.717, 1.165) is 12.8 Å². The van der Waals surface area contributed by atoms with E-state index >= 15 is 0 Å².